The molecule has 1 saturated heterocycles. The van der Waals surface area contributed by atoms with E-state index >= 15 is 0 Å². The Kier molecular flexibility index (Phi) is 4.93. The van der Waals surface area contributed by atoms with Crippen molar-refractivity contribution >= 4 is 11.6 Å². The molecular weight excluding hydrogens is 288 g/mol. The van der Waals surface area contributed by atoms with Gasteiger partial charge in [0.2, 0.25) is 5.91 Å². The Balaban J connectivity index is 1.64. The van der Waals surface area contributed by atoms with Crippen LogP contribution >= 0.6 is 0 Å². The van der Waals surface area contributed by atoms with Gasteiger partial charge in [0, 0.05) is 11.8 Å². The summed E-state index contributed by atoms with van der Waals surface area (Å²) >= 11 is 0. The molecule has 1 N–H and O–H groups in total. The Morgan fingerprint density at radius 3 is 2.48 bits per heavy atom. The summed E-state index contributed by atoms with van der Waals surface area (Å²) in [5, 5.41) is 2.98. The molecule has 1 unspecified atom stereocenters. The maximum absolute atomic E-state index is 12.4. The Morgan fingerprint density at radius 2 is 1.74 bits per heavy atom. The summed E-state index contributed by atoms with van der Waals surface area (Å²) in [6, 6.07) is 17.0. The topological polar surface area (TPSA) is 41.6 Å². The van der Waals surface area contributed by atoms with Crippen LogP contribution in [0, 0.1) is 0 Å². The number of likely N-dealkylation sites (tertiary alicyclic amines) is 1. The quantitative estimate of drug-likeness (QED) is 0.910. The molecule has 2 aromatic rings. The van der Waals surface area contributed by atoms with Gasteiger partial charge in [0.25, 0.3) is 0 Å². The Hall–Kier alpha value is -2.33. The van der Waals surface area contributed by atoms with Gasteiger partial charge in [0.15, 0.2) is 0 Å². The Labute approximate surface area is 137 Å². The number of para-hydroxylation sites is 1. The standard InChI is InChI=1S/C19H22N2O2/c1-15(21-12-5-6-13-21)19(22)20-16-8-7-11-18(14-16)23-17-9-3-2-4-10-17/h2-4,7-11,14-15H,5-6,12-13H2,1H3,(H,20,22). The molecule has 0 radical (unpaired) electrons. The molecule has 1 atom stereocenters. The van der Waals surface area contributed by atoms with Gasteiger partial charge in [-0.1, -0.05) is 24.3 Å². The van der Waals surface area contributed by atoms with Crippen molar-refractivity contribution in [2.75, 3.05) is 18.4 Å². The first kappa shape index (κ1) is 15.6. The number of nitrogens with one attached hydrogen (secondary N) is 1. The third-order valence-corrected chi connectivity index (χ3v) is 4.15. The summed E-state index contributed by atoms with van der Waals surface area (Å²) in [4.78, 5) is 14.6. The van der Waals surface area contributed by atoms with Crippen LogP contribution in [0.25, 0.3) is 0 Å². The molecule has 23 heavy (non-hydrogen) atoms. The molecule has 120 valence electrons. The van der Waals surface area contributed by atoms with E-state index in [-0.39, 0.29) is 11.9 Å². The molecule has 0 bridgehead atoms. The lowest BCUT2D eigenvalue weighted by atomic mass is 10.2. The number of ether oxygens (including phenoxy) is 1. The number of nitrogens with zero attached hydrogens (tertiary/aromatic N) is 1. The minimum Gasteiger partial charge on any atom is -0.457 e. The van der Waals surface area contributed by atoms with Gasteiger partial charge >= 0.3 is 0 Å². The fourth-order valence-corrected chi connectivity index (χ4v) is 2.80. The molecular formula is C19H22N2O2. The van der Waals surface area contributed by atoms with Crippen molar-refractivity contribution in [1.82, 2.24) is 4.90 Å². The second-order valence-electron chi connectivity index (χ2n) is 5.85. The second-order valence-corrected chi connectivity index (χ2v) is 5.85. The second kappa shape index (κ2) is 7.29. The molecule has 2 aromatic carbocycles. The number of carbonyl (C=O) groups is 1. The lowest BCUT2D eigenvalue weighted by Gasteiger charge is -2.22. The lowest BCUT2D eigenvalue weighted by Crippen LogP contribution is -2.40. The molecule has 4 nitrogen and oxygen atoms in total. The molecule has 1 aliphatic heterocycles. The monoisotopic (exact) mass is 310 g/mol. The minimum atomic E-state index is -0.101. The first-order valence-corrected chi connectivity index (χ1v) is 8.10. The summed E-state index contributed by atoms with van der Waals surface area (Å²) < 4.78 is 5.80. The van der Waals surface area contributed by atoms with E-state index in [0.717, 1.165) is 24.5 Å². The first-order valence-electron chi connectivity index (χ1n) is 8.10. The van der Waals surface area contributed by atoms with Crippen molar-refractivity contribution in [3.63, 3.8) is 0 Å². The molecule has 0 saturated carbocycles. The van der Waals surface area contributed by atoms with E-state index in [1.165, 1.54) is 12.8 Å². The largest absolute Gasteiger partial charge is 0.457 e. The van der Waals surface area contributed by atoms with Crippen LogP contribution in [0.2, 0.25) is 0 Å². The van der Waals surface area contributed by atoms with Gasteiger partial charge in [-0.15, -0.1) is 0 Å². The number of hydrogen-bond donors (Lipinski definition) is 1. The zero-order chi connectivity index (χ0) is 16.1. The average molecular weight is 310 g/mol. The van der Waals surface area contributed by atoms with Crippen LogP contribution in [0.4, 0.5) is 5.69 Å². The molecule has 1 amide bonds. The Bertz CT molecular complexity index is 651. The number of benzene rings is 2. The third-order valence-electron chi connectivity index (χ3n) is 4.15. The molecule has 1 fully saturated rings. The maximum atomic E-state index is 12.4. The summed E-state index contributed by atoms with van der Waals surface area (Å²) in [7, 11) is 0. The van der Waals surface area contributed by atoms with Gasteiger partial charge in [-0.25, -0.2) is 0 Å². The van der Waals surface area contributed by atoms with Crippen LogP contribution in [0.1, 0.15) is 19.8 Å². The summed E-state index contributed by atoms with van der Waals surface area (Å²) in [5.74, 6) is 1.52. The highest BCUT2D eigenvalue weighted by Gasteiger charge is 2.23. The average Bonchev–Trinajstić information content (AvgIpc) is 3.10. The highest BCUT2D eigenvalue weighted by atomic mass is 16.5. The molecule has 0 aromatic heterocycles. The number of rotatable bonds is 5. The number of hydrogen-bond acceptors (Lipinski definition) is 3. The van der Waals surface area contributed by atoms with Crippen molar-refractivity contribution in [3.8, 4) is 11.5 Å². The highest BCUT2D eigenvalue weighted by molar-refractivity contribution is 5.94. The fraction of sp³-hybridized carbons (Fsp3) is 0.316. The van der Waals surface area contributed by atoms with Gasteiger partial charge < -0.3 is 10.1 Å². The van der Waals surface area contributed by atoms with Crippen molar-refractivity contribution in [2.45, 2.75) is 25.8 Å². The van der Waals surface area contributed by atoms with E-state index < -0.39 is 0 Å². The Morgan fingerprint density at radius 1 is 1.04 bits per heavy atom. The van der Waals surface area contributed by atoms with Gasteiger partial charge in [0.05, 0.1) is 6.04 Å². The lowest BCUT2D eigenvalue weighted by molar-refractivity contribution is -0.120. The van der Waals surface area contributed by atoms with E-state index in [1.807, 2.05) is 61.5 Å². The third kappa shape index (κ3) is 4.11. The van der Waals surface area contributed by atoms with Crippen molar-refractivity contribution in [2.24, 2.45) is 0 Å². The summed E-state index contributed by atoms with van der Waals surface area (Å²) in [6.07, 6.45) is 2.36. The molecule has 1 aliphatic rings. The van der Waals surface area contributed by atoms with Gasteiger partial charge in [-0.05, 0) is 57.1 Å². The number of carbonyl (C=O) groups excluding carboxylic acids is 1. The van der Waals surface area contributed by atoms with Gasteiger partial charge in [-0.2, -0.15) is 0 Å². The van der Waals surface area contributed by atoms with E-state index in [4.69, 9.17) is 4.74 Å². The smallest absolute Gasteiger partial charge is 0.241 e. The molecule has 1 heterocycles. The summed E-state index contributed by atoms with van der Waals surface area (Å²) in [5.41, 5.74) is 0.759. The van der Waals surface area contributed by atoms with Gasteiger partial charge in [0.1, 0.15) is 11.5 Å². The van der Waals surface area contributed by atoms with E-state index in [2.05, 4.69) is 10.2 Å². The normalized spacial score (nSPS) is 16.0. The van der Waals surface area contributed by atoms with Gasteiger partial charge in [-0.3, -0.25) is 9.69 Å². The molecule has 4 heteroatoms. The van der Waals surface area contributed by atoms with E-state index in [9.17, 15) is 4.79 Å². The van der Waals surface area contributed by atoms with Crippen molar-refractivity contribution in [3.05, 3.63) is 54.6 Å². The summed E-state index contributed by atoms with van der Waals surface area (Å²) in [6.45, 7) is 3.97. The molecule has 0 aliphatic carbocycles. The fourth-order valence-electron chi connectivity index (χ4n) is 2.80. The highest BCUT2D eigenvalue weighted by Crippen LogP contribution is 2.24. The van der Waals surface area contributed by atoms with E-state index in [1.54, 1.807) is 0 Å². The first-order chi connectivity index (χ1) is 11.2. The van der Waals surface area contributed by atoms with Crippen LogP contribution < -0.4 is 10.1 Å². The zero-order valence-corrected chi connectivity index (χ0v) is 13.4. The maximum Gasteiger partial charge on any atom is 0.241 e. The van der Waals surface area contributed by atoms with Crippen LogP contribution in [0.15, 0.2) is 54.6 Å². The van der Waals surface area contributed by atoms with Crippen LogP contribution in [0.3, 0.4) is 0 Å². The number of amides is 1. The van der Waals surface area contributed by atoms with Crippen LogP contribution in [0.5, 0.6) is 11.5 Å². The number of anilines is 1. The van der Waals surface area contributed by atoms with Crippen molar-refractivity contribution in [1.29, 1.82) is 0 Å². The van der Waals surface area contributed by atoms with Crippen molar-refractivity contribution < 1.29 is 9.53 Å². The van der Waals surface area contributed by atoms with Crippen LogP contribution in [-0.4, -0.2) is 29.9 Å². The molecule has 0 spiro atoms. The predicted octanol–water partition coefficient (Wildman–Crippen LogP) is 3.90. The van der Waals surface area contributed by atoms with E-state index in [0.29, 0.717) is 5.75 Å². The SMILES string of the molecule is CC(C(=O)Nc1cccc(Oc2ccccc2)c1)N1CCCC1. The minimum absolute atomic E-state index is 0.0313. The molecule has 3 rings (SSSR count). The van der Waals surface area contributed by atoms with Crippen LogP contribution in [-0.2, 0) is 4.79 Å². The zero-order valence-electron chi connectivity index (χ0n) is 13.4. The predicted molar refractivity (Wildman–Crippen MR) is 91.9 cm³/mol.